The van der Waals surface area contributed by atoms with Crippen LogP contribution in [0.4, 0.5) is 4.39 Å². The second kappa shape index (κ2) is 4.97. The molecule has 0 heterocycles. The van der Waals surface area contributed by atoms with Gasteiger partial charge in [0.05, 0.1) is 0 Å². The summed E-state index contributed by atoms with van der Waals surface area (Å²) in [6, 6.07) is 13.6. The smallest absolute Gasteiger partial charge is 0.135 e. The average Bonchev–Trinajstić information content (AvgIpc) is 2.30. The second-order valence-electron chi connectivity index (χ2n) is 3.86. The average molecular weight is 231 g/mol. The molecule has 2 aromatic rings. The Morgan fingerprint density at radius 1 is 1.06 bits per heavy atom. The highest BCUT2D eigenvalue weighted by molar-refractivity contribution is 5.40. The Kier molecular flexibility index (Phi) is 3.40. The van der Waals surface area contributed by atoms with Gasteiger partial charge in [-0.05, 0) is 31.2 Å². The molecule has 1 atom stereocenters. The fraction of sp³-hybridized carbons (Fsp3) is 0.143. The van der Waals surface area contributed by atoms with Gasteiger partial charge in [0, 0.05) is 11.6 Å². The highest BCUT2D eigenvalue weighted by atomic mass is 19.1. The van der Waals surface area contributed by atoms with Crippen LogP contribution in [0.15, 0.2) is 48.5 Å². The molecule has 2 N–H and O–H groups in total. The van der Waals surface area contributed by atoms with Crippen LogP contribution in [0.5, 0.6) is 11.5 Å². The zero-order valence-electron chi connectivity index (χ0n) is 9.56. The summed E-state index contributed by atoms with van der Waals surface area (Å²) in [5.41, 5.74) is 6.15. The van der Waals surface area contributed by atoms with Crippen molar-refractivity contribution in [2.75, 3.05) is 0 Å². The van der Waals surface area contributed by atoms with Gasteiger partial charge in [-0.25, -0.2) is 4.39 Å². The quantitative estimate of drug-likeness (QED) is 0.875. The first-order valence-electron chi connectivity index (χ1n) is 5.45. The van der Waals surface area contributed by atoms with Crippen LogP contribution in [-0.2, 0) is 0 Å². The van der Waals surface area contributed by atoms with Gasteiger partial charge in [0.1, 0.15) is 17.3 Å². The summed E-state index contributed by atoms with van der Waals surface area (Å²) in [4.78, 5) is 0. The highest BCUT2D eigenvalue weighted by Gasteiger charge is 2.13. The molecule has 0 unspecified atom stereocenters. The fourth-order valence-corrected chi connectivity index (χ4v) is 1.66. The van der Waals surface area contributed by atoms with E-state index < -0.39 is 6.04 Å². The molecule has 0 aromatic heterocycles. The lowest BCUT2D eigenvalue weighted by Gasteiger charge is -2.14. The minimum Gasteiger partial charge on any atom is -0.457 e. The van der Waals surface area contributed by atoms with Gasteiger partial charge in [-0.2, -0.15) is 0 Å². The van der Waals surface area contributed by atoms with Crippen molar-refractivity contribution < 1.29 is 9.13 Å². The van der Waals surface area contributed by atoms with E-state index in [1.54, 1.807) is 19.1 Å². The van der Waals surface area contributed by atoms with Crippen molar-refractivity contribution in [2.45, 2.75) is 13.0 Å². The number of hydrogen-bond acceptors (Lipinski definition) is 2. The lowest BCUT2D eigenvalue weighted by atomic mass is 10.1. The molecule has 3 heteroatoms. The Hall–Kier alpha value is -1.87. The van der Waals surface area contributed by atoms with E-state index in [4.69, 9.17) is 10.5 Å². The summed E-state index contributed by atoms with van der Waals surface area (Å²) >= 11 is 0. The summed E-state index contributed by atoms with van der Waals surface area (Å²) in [5, 5.41) is 0. The van der Waals surface area contributed by atoms with Crippen LogP contribution in [0.1, 0.15) is 18.5 Å². The van der Waals surface area contributed by atoms with Crippen molar-refractivity contribution in [1.82, 2.24) is 0 Å². The molecule has 0 aliphatic rings. The minimum absolute atomic E-state index is 0.339. The summed E-state index contributed by atoms with van der Waals surface area (Å²) in [5.74, 6) is 0.791. The van der Waals surface area contributed by atoms with Crippen LogP contribution in [0.25, 0.3) is 0 Å². The van der Waals surface area contributed by atoms with E-state index in [9.17, 15) is 4.39 Å². The first kappa shape index (κ1) is 11.6. The van der Waals surface area contributed by atoms with Crippen molar-refractivity contribution in [3.05, 3.63) is 59.9 Å². The Balaban J connectivity index is 2.36. The van der Waals surface area contributed by atoms with Crippen LogP contribution >= 0.6 is 0 Å². The minimum atomic E-state index is -0.407. The third-order valence-electron chi connectivity index (χ3n) is 2.44. The molecule has 0 spiro atoms. The first-order chi connectivity index (χ1) is 8.18. The molecular formula is C14H14FNO. The molecule has 2 aromatic carbocycles. The molecule has 0 aliphatic carbocycles. The van der Waals surface area contributed by atoms with Gasteiger partial charge in [-0.3, -0.25) is 0 Å². The lowest BCUT2D eigenvalue weighted by molar-refractivity contribution is 0.461. The fourth-order valence-electron chi connectivity index (χ4n) is 1.66. The molecule has 0 amide bonds. The molecule has 0 fully saturated rings. The predicted molar refractivity (Wildman–Crippen MR) is 65.5 cm³/mol. The third-order valence-corrected chi connectivity index (χ3v) is 2.44. The van der Waals surface area contributed by atoms with Gasteiger partial charge in [-0.1, -0.05) is 24.3 Å². The van der Waals surface area contributed by atoms with Crippen molar-refractivity contribution in [3.8, 4) is 11.5 Å². The number of halogens is 1. The van der Waals surface area contributed by atoms with Crippen LogP contribution in [0.3, 0.4) is 0 Å². The zero-order chi connectivity index (χ0) is 12.3. The Morgan fingerprint density at radius 2 is 1.76 bits per heavy atom. The van der Waals surface area contributed by atoms with Crippen molar-refractivity contribution in [3.63, 3.8) is 0 Å². The first-order valence-corrected chi connectivity index (χ1v) is 5.45. The Labute approximate surface area is 99.8 Å². The van der Waals surface area contributed by atoms with E-state index in [2.05, 4.69) is 0 Å². The van der Waals surface area contributed by atoms with Gasteiger partial charge < -0.3 is 10.5 Å². The maximum Gasteiger partial charge on any atom is 0.135 e. The number of ether oxygens (including phenoxy) is 1. The standard InChI is InChI=1S/C14H14FNO/c1-10(16)14-12(15)8-5-9-13(14)17-11-6-3-2-4-7-11/h2-10H,16H2,1H3/t10-/m0/s1. The Morgan fingerprint density at radius 3 is 2.41 bits per heavy atom. The second-order valence-corrected chi connectivity index (χ2v) is 3.86. The molecule has 88 valence electrons. The van der Waals surface area contributed by atoms with E-state index >= 15 is 0 Å². The van der Waals surface area contributed by atoms with E-state index in [0.29, 0.717) is 17.1 Å². The number of para-hydroxylation sites is 1. The topological polar surface area (TPSA) is 35.2 Å². The molecule has 0 saturated heterocycles. The SMILES string of the molecule is C[C@H](N)c1c(F)cccc1Oc1ccccc1. The summed E-state index contributed by atoms with van der Waals surface area (Å²) in [7, 11) is 0. The van der Waals surface area contributed by atoms with E-state index in [0.717, 1.165) is 0 Å². The number of rotatable bonds is 3. The van der Waals surface area contributed by atoms with Crippen molar-refractivity contribution >= 4 is 0 Å². The highest BCUT2D eigenvalue weighted by Crippen LogP contribution is 2.30. The van der Waals surface area contributed by atoms with Gasteiger partial charge in [0.15, 0.2) is 0 Å². The monoisotopic (exact) mass is 231 g/mol. The molecule has 2 rings (SSSR count). The van der Waals surface area contributed by atoms with Crippen LogP contribution < -0.4 is 10.5 Å². The molecule has 17 heavy (non-hydrogen) atoms. The maximum absolute atomic E-state index is 13.6. The molecule has 0 aliphatic heterocycles. The van der Waals surface area contributed by atoms with Gasteiger partial charge in [0.25, 0.3) is 0 Å². The molecular weight excluding hydrogens is 217 g/mol. The summed E-state index contributed by atoms with van der Waals surface area (Å²) in [6.07, 6.45) is 0. The maximum atomic E-state index is 13.6. The number of benzene rings is 2. The van der Waals surface area contributed by atoms with Gasteiger partial charge in [0.2, 0.25) is 0 Å². The van der Waals surface area contributed by atoms with E-state index in [-0.39, 0.29) is 5.82 Å². The molecule has 0 bridgehead atoms. The van der Waals surface area contributed by atoms with Crippen LogP contribution in [-0.4, -0.2) is 0 Å². The normalized spacial score (nSPS) is 12.2. The largest absolute Gasteiger partial charge is 0.457 e. The molecule has 0 radical (unpaired) electrons. The third kappa shape index (κ3) is 2.63. The summed E-state index contributed by atoms with van der Waals surface area (Å²) < 4.78 is 19.3. The van der Waals surface area contributed by atoms with Crippen LogP contribution in [0, 0.1) is 5.82 Å². The van der Waals surface area contributed by atoms with Gasteiger partial charge >= 0.3 is 0 Å². The zero-order valence-corrected chi connectivity index (χ0v) is 9.56. The van der Waals surface area contributed by atoms with Gasteiger partial charge in [-0.15, -0.1) is 0 Å². The van der Waals surface area contributed by atoms with Crippen molar-refractivity contribution in [2.24, 2.45) is 5.73 Å². The van der Waals surface area contributed by atoms with E-state index in [1.165, 1.54) is 6.07 Å². The van der Waals surface area contributed by atoms with Crippen LogP contribution in [0.2, 0.25) is 0 Å². The van der Waals surface area contributed by atoms with Crippen molar-refractivity contribution in [1.29, 1.82) is 0 Å². The lowest BCUT2D eigenvalue weighted by Crippen LogP contribution is -2.09. The molecule has 0 saturated carbocycles. The number of hydrogen-bond donors (Lipinski definition) is 1. The summed E-state index contributed by atoms with van der Waals surface area (Å²) in [6.45, 7) is 1.73. The predicted octanol–water partition coefficient (Wildman–Crippen LogP) is 3.64. The Bertz CT molecular complexity index is 497. The molecule has 2 nitrogen and oxygen atoms in total. The number of nitrogens with two attached hydrogens (primary N) is 1. The van der Waals surface area contributed by atoms with E-state index in [1.807, 2.05) is 30.3 Å².